The SMILES string of the molecule is Cc1cc(Br)ccc1S(=O)(=O)NC1CNCCC1C.Cl. The Kier molecular flexibility index (Phi) is 6.47. The van der Waals surface area contributed by atoms with Crippen LogP contribution in [-0.4, -0.2) is 27.5 Å². The number of sulfonamides is 1. The molecule has 1 aromatic carbocycles. The molecule has 4 nitrogen and oxygen atoms in total. The van der Waals surface area contributed by atoms with Crippen LogP contribution in [0.1, 0.15) is 18.9 Å². The molecule has 0 amide bonds. The standard InChI is InChI=1S/C13H19BrN2O2S.ClH/c1-9-5-6-15-8-12(9)16-19(17,18)13-4-3-11(14)7-10(13)2;/h3-4,7,9,12,15-16H,5-6,8H2,1-2H3;1H. The highest BCUT2D eigenvalue weighted by Crippen LogP contribution is 2.21. The van der Waals surface area contributed by atoms with Gasteiger partial charge >= 0.3 is 0 Å². The minimum Gasteiger partial charge on any atom is -0.315 e. The largest absolute Gasteiger partial charge is 0.315 e. The molecule has 114 valence electrons. The molecular weight excluding hydrogens is 364 g/mol. The van der Waals surface area contributed by atoms with Crippen LogP contribution in [0, 0.1) is 12.8 Å². The Morgan fingerprint density at radius 1 is 1.40 bits per heavy atom. The Bertz CT molecular complexity index is 565. The van der Waals surface area contributed by atoms with Crippen LogP contribution in [0.2, 0.25) is 0 Å². The monoisotopic (exact) mass is 382 g/mol. The summed E-state index contributed by atoms with van der Waals surface area (Å²) in [7, 11) is -3.45. The van der Waals surface area contributed by atoms with Crippen molar-refractivity contribution in [2.75, 3.05) is 13.1 Å². The van der Waals surface area contributed by atoms with Gasteiger partial charge in [-0.25, -0.2) is 13.1 Å². The molecule has 1 saturated heterocycles. The molecule has 2 atom stereocenters. The van der Waals surface area contributed by atoms with E-state index < -0.39 is 10.0 Å². The Morgan fingerprint density at radius 3 is 2.70 bits per heavy atom. The van der Waals surface area contributed by atoms with E-state index in [2.05, 4.69) is 32.9 Å². The zero-order valence-corrected chi connectivity index (χ0v) is 14.7. The van der Waals surface area contributed by atoms with E-state index in [1.165, 1.54) is 0 Å². The van der Waals surface area contributed by atoms with E-state index in [0.717, 1.165) is 23.0 Å². The summed E-state index contributed by atoms with van der Waals surface area (Å²) in [6, 6.07) is 5.17. The van der Waals surface area contributed by atoms with Crippen LogP contribution in [-0.2, 0) is 10.0 Å². The molecule has 0 bridgehead atoms. The number of hydrogen-bond donors (Lipinski definition) is 2. The third kappa shape index (κ3) is 4.18. The summed E-state index contributed by atoms with van der Waals surface area (Å²) in [5, 5.41) is 3.23. The summed E-state index contributed by atoms with van der Waals surface area (Å²) in [6.45, 7) is 5.54. The molecule has 1 aliphatic heterocycles. The molecule has 0 aliphatic carbocycles. The molecule has 0 spiro atoms. The van der Waals surface area contributed by atoms with Crippen LogP contribution in [0.25, 0.3) is 0 Å². The fourth-order valence-corrected chi connectivity index (χ4v) is 4.37. The van der Waals surface area contributed by atoms with Crippen molar-refractivity contribution in [3.63, 3.8) is 0 Å². The maximum atomic E-state index is 12.4. The molecule has 0 radical (unpaired) electrons. The summed E-state index contributed by atoms with van der Waals surface area (Å²) in [4.78, 5) is 0.355. The lowest BCUT2D eigenvalue weighted by Gasteiger charge is -2.30. The molecule has 2 unspecified atom stereocenters. The van der Waals surface area contributed by atoms with Crippen molar-refractivity contribution < 1.29 is 8.42 Å². The fraction of sp³-hybridized carbons (Fsp3) is 0.538. The van der Waals surface area contributed by atoms with Crippen molar-refractivity contribution >= 4 is 38.4 Å². The molecule has 1 aromatic rings. The summed E-state index contributed by atoms with van der Waals surface area (Å²) < 4.78 is 28.5. The van der Waals surface area contributed by atoms with Gasteiger partial charge in [-0.2, -0.15) is 0 Å². The van der Waals surface area contributed by atoms with Crippen molar-refractivity contribution in [1.29, 1.82) is 0 Å². The highest BCUT2D eigenvalue weighted by Gasteiger charge is 2.27. The lowest BCUT2D eigenvalue weighted by molar-refractivity contribution is 0.327. The summed E-state index contributed by atoms with van der Waals surface area (Å²) >= 11 is 3.35. The quantitative estimate of drug-likeness (QED) is 0.843. The molecule has 7 heteroatoms. The van der Waals surface area contributed by atoms with Crippen LogP contribution in [0.4, 0.5) is 0 Å². The van der Waals surface area contributed by atoms with Crippen LogP contribution in [0.15, 0.2) is 27.6 Å². The van der Waals surface area contributed by atoms with Crippen LogP contribution < -0.4 is 10.0 Å². The number of rotatable bonds is 3. The average Bonchev–Trinajstić information content (AvgIpc) is 2.31. The number of benzene rings is 1. The van der Waals surface area contributed by atoms with Crippen molar-refractivity contribution in [3.05, 3.63) is 28.2 Å². The maximum Gasteiger partial charge on any atom is 0.241 e. The Morgan fingerprint density at radius 2 is 2.10 bits per heavy atom. The van der Waals surface area contributed by atoms with Gasteiger partial charge in [-0.05, 0) is 49.6 Å². The molecule has 0 saturated carbocycles. The third-order valence-corrected chi connectivity index (χ3v) is 5.70. The van der Waals surface area contributed by atoms with Crippen molar-refractivity contribution in [2.24, 2.45) is 5.92 Å². The summed E-state index contributed by atoms with van der Waals surface area (Å²) in [6.07, 6.45) is 0.993. The van der Waals surface area contributed by atoms with Gasteiger partial charge < -0.3 is 5.32 Å². The average molecular weight is 384 g/mol. The molecule has 0 aromatic heterocycles. The predicted octanol–water partition coefficient (Wildman–Crippen LogP) is 2.46. The van der Waals surface area contributed by atoms with Crippen LogP contribution in [0.3, 0.4) is 0 Å². The normalized spacial score (nSPS) is 23.1. The van der Waals surface area contributed by atoms with Crippen molar-refractivity contribution in [3.8, 4) is 0 Å². The maximum absolute atomic E-state index is 12.4. The first-order chi connectivity index (χ1) is 8.90. The second-order valence-corrected chi connectivity index (χ2v) is 7.71. The van der Waals surface area contributed by atoms with Gasteiger partial charge in [-0.3, -0.25) is 0 Å². The van der Waals surface area contributed by atoms with Gasteiger partial charge in [0, 0.05) is 17.1 Å². The van der Waals surface area contributed by atoms with E-state index in [0.29, 0.717) is 17.4 Å². The zero-order valence-electron chi connectivity index (χ0n) is 11.5. The highest BCUT2D eigenvalue weighted by molar-refractivity contribution is 9.10. The molecule has 20 heavy (non-hydrogen) atoms. The molecule has 1 heterocycles. The number of hydrogen-bond acceptors (Lipinski definition) is 3. The topological polar surface area (TPSA) is 58.2 Å². The fourth-order valence-electron chi connectivity index (χ4n) is 2.32. The van der Waals surface area contributed by atoms with E-state index in [-0.39, 0.29) is 18.4 Å². The van der Waals surface area contributed by atoms with Gasteiger partial charge in [0.15, 0.2) is 0 Å². The first kappa shape index (κ1) is 17.9. The molecule has 1 aliphatic rings. The smallest absolute Gasteiger partial charge is 0.241 e. The summed E-state index contributed by atoms with van der Waals surface area (Å²) in [5.74, 6) is 0.353. The Balaban J connectivity index is 0.00000200. The number of piperidine rings is 1. The van der Waals surface area contributed by atoms with Gasteiger partial charge in [0.25, 0.3) is 0 Å². The predicted molar refractivity (Wildman–Crippen MR) is 86.9 cm³/mol. The van der Waals surface area contributed by atoms with E-state index in [1.807, 2.05) is 13.0 Å². The van der Waals surface area contributed by atoms with Gasteiger partial charge in [0.05, 0.1) is 4.90 Å². The first-order valence-corrected chi connectivity index (χ1v) is 8.67. The van der Waals surface area contributed by atoms with Gasteiger partial charge in [-0.15, -0.1) is 12.4 Å². The molecule has 2 N–H and O–H groups in total. The second-order valence-electron chi connectivity index (χ2n) is 5.11. The highest BCUT2D eigenvalue weighted by atomic mass is 79.9. The second kappa shape index (κ2) is 7.22. The number of nitrogens with one attached hydrogen (secondary N) is 2. The lowest BCUT2D eigenvalue weighted by atomic mass is 9.96. The van der Waals surface area contributed by atoms with E-state index in [9.17, 15) is 8.42 Å². The van der Waals surface area contributed by atoms with E-state index in [4.69, 9.17) is 0 Å². The lowest BCUT2D eigenvalue weighted by Crippen LogP contribution is -2.50. The van der Waals surface area contributed by atoms with Gasteiger partial charge in [-0.1, -0.05) is 22.9 Å². The number of halogens is 2. The van der Waals surface area contributed by atoms with Crippen LogP contribution >= 0.6 is 28.3 Å². The van der Waals surface area contributed by atoms with Crippen molar-refractivity contribution in [1.82, 2.24) is 10.0 Å². The van der Waals surface area contributed by atoms with Crippen LogP contribution in [0.5, 0.6) is 0 Å². The van der Waals surface area contributed by atoms with Gasteiger partial charge in [0.2, 0.25) is 10.0 Å². The minimum absolute atomic E-state index is 0. The first-order valence-electron chi connectivity index (χ1n) is 6.39. The Hall–Kier alpha value is -0.140. The zero-order chi connectivity index (χ0) is 14.0. The number of aryl methyl sites for hydroxylation is 1. The van der Waals surface area contributed by atoms with Gasteiger partial charge in [0.1, 0.15) is 0 Å². The van der Waals surface area contributed by atoms with E-state index >= 15 is 0 Å². The molecular formula is C13H20BrClN2O2S. The minimum atomic E-state index is -3.45. The Labute approximate surface area is 135 Å². The summed E-state index contributed by atoms with van der Waals surface area (Å²) in [5.41, 5.74) is 0.748. The molecule has 2 rings (SSSR count). The van der Waals surface area contributed by atoms with Crippen molar-refractivity contribution in [2.45, 2.75) is 31.2 Å². The molecule has 1 fully saturated rings. The third-order valence-electron chi connectivity index (χ3n) is 3.56. The van der Waals surface area contributed by atoms with E-state index in [1.54, 1.807) is 12.1 Å².